The number of aliphatic hydroxyl groups is 3. The van der Waals surface area contributed by atoms with Gasteiger partial charge >= 0.3 is 5.97 Å². The van der Waals surface area contributed by atoms with E-state index in [1.165, 1.54) is 52.0 Å². The Morgan fingerprint density at radius 1 is 0.972 bits per heavy atom. The quantitative estimate of drug-likeness (QED) is 0.167. The predicted molar refractivity (Wildman–Crippen MR) is 132 cm³/mol. The molecule has 8 heteroatoms. The number of ketones is 3. The monoisotopic (exact) mass is 496 g/mol. The van der Waals surface area contributed by atoms with Crippen molar-refractivity contribution in [3.05, 3.63) is 71.3 Å². The van der Waals surface area contributed by atoms with Gasteiger partial charge in [-0.05, 0) is 53.7 Å². The van der Waals surface area contributed by atoms with E-state index < -0.39 is 69.2 Å². The Balaban J connectivity index is 2.41. The van der Waals surface area contributed by atoms with Crippen LogP contribution >= 0.6 is 0 Å². The lowest BCUT2D eigenvalue weighted by Crippen LogP contribution is -2.75. The highest BCUT2D eigenvalue weighted by atomic mass is 16.6. The van der Waals surface area contributed by atoms with Gasteiger partial charge in [0.2, 0.25) is 0 Å². The first-order chi connectivity index (χ1) is 16.7. The van der Waals surface area contributed by atoms with Gasteiger partial charge in [0.15, 0.2) is 23.0 Å². The van der Waals surface area contributed by atoms with Gasteiger partial charge in [0.25, 0.3) is 0 Å². The van der Waals surface area contributed by atoms with Crippen molar-refractivity contribution in [1.29, 1.82) is 0 Å². The lowest BCUT2D eigenvalue weighted by atomic mass is 9.40. The normalized spacial score (nSPS) is 38.4. The fraction of sp³-hybridized carbons (Fsp3) is 0.429. The number of rotatable bonds is 6. The SMILES string of the molecule is CC=CC=CC(=O)C1C(C2(C)OC(=O)C(C)=C2O)C2C(=C(O)C=CC=CC)C(=O)C1(C)C(=O)C2(C)O. The van der Waals surface area contributed by atoms with Crippen LogP contribution in [0.1, 0.15) is 41.5 Å². The largest absolute Gasteiger partial charge is 0.508 e. The fourth-order valence-electron chi connectivity index (χ4n) is 5.93. The van der Waals surface area contributed by atoms with Gasteiger partial charge in [0.1, 0.15) is 22.5 Å². The summed E-state index contributed by atoms with van der Waals surface area (Å²) in [5, 5.41) is 33.5. The Kier molecular flexibility index (Phi) is 6.89. The topological polar surface area (TPSA) is 138 Å². The Morgan fingerprint density at radius 3 is 2.03 bits per heavy atom. The van der Waals surface area contributed by atoms with Gasteiger partial charge in [-0.1, -0.05) is 36.5 Å². The van der Waals surface area contributed by atoms with Gasteiger partial charge < -0.3 is 20.1 Å². The van der Waals surface area contributed by atoms with Gasteiger partial charge in [0, 0.05) is 23.3 Å². The van der Waals surface area contributed by atoms with Crippen molar-refractivity contribution in [3.8, 4) is 0 Å². The molecule has 4 rings (SSSR count). The molecule has 1 heterocycles. The molecule has 4 aliphatic rings. The molecule has 8 nitrogen and oxygen atoms in total. The van der Waals surface area contributed by atoms with Gasteiger partial charge in [0.05, 0.1) is 5.57 Å². The standard InChI is InChI=1S/C28H32O8/c1-7-9-11-13-16(29)18-20-21(28(6)22(31)15(3)24(33)36-28)19(17(30)14-12-10-8-2)26(4,23(18)32)25(34)27(20,5)35/h7-14,19-21,29,31,35H,1-6H3. The first-order valence-corrected chi connectivity index (χ1v) is 11.7. The molecule has 0 spiro atoms. The minimum absolute atomic E-state index is 0.0835. The van der Waals surface area contributed by atoms with Crippen molar-refractivity contribution in [2.45, 2.75) is 52.7 Å². The summed E-state index contributed by atoms with van der Waals surface area (Å²) in [6.07, 6.45) is 12.0. The molecule has 6 unspecified atom stereocenters. The van der Waals surface area contributed by atoms with Crippen LogP contribution in [-0.2, 0) is 23.9 Å². The van der Waals surface area contributed by atoms with E-state index in [-0.39, 0.29) is 11.1 Å². The van der Waals surface area contributed by atoms with Crippen LogP contribution in [0.5, 0.6) is 0 Å². The average Bonchev–Trinajstić information content (AvgIpc) is 3.01. The van der Waals surface area contributed by atoms with E-state index >= 15 is 0 Å². The summed E-state index contributed by atoms with van der Waals surface area (Å²) in [6, 6.07) is 0. The molecular formula is C28H32O8. The molecule has 0 radical (unpaired) electrons. The van der Waals surface area contributed by atoms with Crippen molar-refractivity contribution < 1.29 is 39.2 Å². The summed E-state index contributed by atoms with van der Waals surface area (Å²) < 4.78 is 5.59. The second-order valence-corrected chi connectivity index (χ2v) is 9.93. The maximum absolute atomic E-state index is 13.8. The Morgan fingerprint density at radius 2 is 1.53 bits per heavy atom. The molecule has 192 valence electrons. The summed E-state index contributed by atoms with van der Waals surface area (Å²) in [6.45, 7) is 8.72. The second kappa shape index (κ2) is 9.17. The minimum Gasteiger partial charge on any atom is -0.508 e. The predicted octanol–water partition coefficient (Wildman–Crippen LogP) is 3.55. The molecule has 36 heavy (non-hydrogen) atoms. The molecule has 6 atom stereocenters. The van der Waals surface area contributed by atoms with Crippen molar-refractivity contribution in [2.24, 2.45) is 23.2 Å². The minimum atomic E-state index is -2.22. The molecule has 3 aliphatic carbocycles. The molecule has 3 N–H and O–H groups in total. The van der Waals surface area contributed by atoms with Crippen molar-refractivity contribution in [1.82, 2.24) is 0 Å². The summed E-state index contributed by atoms with van der Waals surface area (Å²) in [7, 11) is 0. The van der Waals surface area contributed by atoms with Crippen molar-refractivity contribution in [2.75, 3.05) is 0 Å². The summed E-state index contributed by atoms with van der Waals surface area (Å²) in [4.78, 5) is 53.5. The van der Waals surface area contributed by atoms with Gasteiger partial charge in [-0.2, -0.15) is 0 Å². The van der Waals surface area contributed by atoms with E-state index in [9.17, 15) is 34.5 Å². The third-order valence-electron chi connectivity index (χ3n) is 7.68. The summed E-state index contributed by atoms with van der Waals surface area (Å²) in [5.74, 6) is -8.17. The first-order valence-electron chi connectivity index (χ1n) is 11.7. The molecule has 0 saturated heterocycles. The van der Waals surface area contributed by atoms with E-state index in [0.29, 0.717) is 0 Å². The van der Waals surface area contributed by atoms with Crippen LogP contribution in [0.25, 0.3) is 0 Å². The van der Waals surface area contributed by atoms with E-state index in [1.54, 1.807) is 38.2 Å². The Bertz CT molecular complexity index is 1210. The highest BCUT2D eigenvalue weighted by Gasteiger charge is 2.77. The zero-order valence-corrected chi connectivity index (χ0v) is 21.2. The van der Waals surface area contributed by atoms with E-state index in [2.05, 4.69) is 0 Å². The Hall–Kier alpha value is -3.52. The number of aliphatic hydroxyl groups excluding tert-OH is 2. The lowest BCUT2D eigenvalue weighted by molar-refractivity contribution is -0.203. The van der Waals surface area contributed by atoms with Crippen molar-refractivity contribution in [3.63, 3.8) is 0 Å². The molecule has 0 aromatic rings. The first kappa shape index (κ1) is 27.1. The average molecular weight is 497 g/mol. The molecule has 1 aliphatic heterocycles. The van der Waals surface area contributed by atoms with Gasteiger partial charge in [-0.3, -0.25) is 14.4 Å². The fourth-order valence-corrected chi connectivity index (χ4v) is 5.93. The third-order valence-corrected chi connectivity index (χ3v) is 7.68. The van der Waals surface area contributed by atoms with Gasteiger partial charge in [-0.25, -0.2) is 4.79 Å². The highest BCUT2D eigenvalue weighted by Crippen LogP contribution is 2.64. The molecular weight excluding hydrogens is 464 g/mol. The maximum Gasteiger partial charge on any atom is 0.338 e. The number of hydrogen-bond acceptors (Lipinski definition) is 8. The molecule has 2 bridgehead atoms. The molecule has 0 aromatic carbocycles. The summed E-state index contributed by atoms with van der Waals surface area (Å²) >= 11 is 0. The number of cyclic esters (lactones) is 1. The number of ether oxygens (including phenoxy) is 1. The van der Waals surface area contributed by atoms with Crippen LogP contribution in [0.15, 0.2) is 71.3 Å². The third kappa shape index (κ3) is 3.63. The van der Waals surface area contributed by atoms with Crippen LogP contribution in [0.3, 0.4) is 0 Å². The Labute approximate surface area is 210 Å². The summed E-state index contributed by atoms with van der Waals surface area (Å²) in [5.41, 5.74) is -6.53. The number of carbonyl (C=O) groups excluding carboxylic acids is 4. The second-order valence-electron chi connectivity index (χ2n) is 9.93. The number of hydrogen-bond donors (Lipinski definition) is 3. The number of allylic oxidation sites excluding steroid dienone is 8. The highest BCUT2D eigenvalue weighted by molar-refractivity contribution is 6.24. The van der Waals surface area contributed by atoms with E-state index in [4.69, 9.17) is 4.74 Å². The molecule has 3 fully saturated rings. The molecule has 3 saturated carbocycles. The number of carbonyl (C=O) groups is 4. The van der Waals surface area contributed by atoms with E-state index in [1.807, 2.05) is 0 Å². The van der Waals surface area contributed by atoms with Crippen LogP contribution in [0.2, 0.25) is 0 Å². The molecule has 0 amide bonds. The van der Waals surface area contributed by atoms with Crippen LogP contribution in [0.4, 0.5) is 0 Å². The zero-order chi connectivity index (χ0) is 27.2. The smallest absolute Gasteiger partial charge is 0.338 e. The number of esters is 1. The van der Waals surface area contributed by atoms with Crippen LogP contribution in [-0.4, -0.2) is 49.8 Å². The number of fused-ring (bicyclic) bond motifs is 3. The van der Waals surface area contributed by atoms with E-state index in [0.717, 1.165) is 0 Å². The van der Waals surface area contributed by atoms with Gasteiger partial charge in [-0.15, -0.1) is 0 Å². The number of Topliss-reactive ketones (excluding diaryl/α,β-unsaturated/α-hetero) is 2. The van der Waals surface area contributed by atoms with Crippen molar-refractivity contribution >= 4 is 23.3 Å². The van der Waals surface area contributed by atoms with Crippen LogP contribution in [0, 0.1) is 23.2 Å². The molecule has 0 aromatic heterocycles. The lowest BCUT2D eigenvalue weighted by Gasteiger charge is -2.60. The maximum atomic E-state index is 13.8. The zero-order valence-electron chi connectivity index (χ0n) is 21.2. The van der Waals surface area contributed by atoms with Crippen LogP contribution < -0.4 is 0 Å².